The first kappa shape index (κ1) is 22.9. The van der Waals surface area contributed by atoms with Gasteiger partial charge >= 0.3 is 0 Å². The van der Waals surface area contributed by atoms with Crippen molar-refractivity contribution < 1.29 is 14.2 Å². The summed E-state index contributed by atoms with van der Waals surface area (Å²) in [6.07, 6.45) is 0.394. The number of hydrogen-bond acceptors (Lipinski definition) is 5. The molecule has 0 fully saturated rings. The lowest BCUT2D eigenvalue weighted by molar-refractivity contribution is 0.356. The van der Waals surface area contributed by atoms with Crippen molar-refractivity contribution in [3.8, 4) is 28.5 Å². The molecule has 0 saturated carbocycles. The summed E-state index contributed by atoms with van der Waals surface area (Å²) in [5.41, 5.74) is 3.92. The van der Waals surface area contributed by atoms with Crippen LogP contribution in [0, 0.1) is 6.92 Å². The predicted molar refractivity (Wildman–Crippen MR) is 128 cm³/mol. The van der Waals surface area contributed by atoms with Crippen LogP contribution in [0.15, 0.2) is 59.4 Å². The maximum Gasteiger partial charge on any atom is 0.252 e. The van der Waals surface area contributed by atoms with E-state index in [9.17, 15) is 4.79 Å². The molecule has 0 atom stereocenters. The Kier molecular flexibility index (Phi) is 6.83. The minimum atomic E-state index is -0.131. The highest BCUT2D eigenvalue weighted by molar-refractivity contribution is 5.90. The van der Waals surface area contributed by atoms with Crippen LogP contribution in [0.25, 0.3) is 22.0 Å². The molecule has 2 aromatic carbocycles. The summed E-state index contributed by atoms with van der Waals surface area (Å²) in [4.78, 5) is 20.6. The number of H-pyrrole nitrogens is 1. The van der Waals surface area contributed by atoms with Crippen molar-refractivity contribution in [2.24, 2.45) is 0 Å². The van der Waals surface area contributed by atoms with Gasteiger partial charge in [0.25, 0.3) is 5.56 Å². The Morgan fingerprint density at radius 3 is 2.16 bits per heavy atom. The molecule has 0 aliphatic heterocycles. The molecule has 0 aliphatic carbocycles. The van der Waals surface area contributed by atoms with Gasteiger partial charge in [-0.3, -0.25) is 9.78 Å². The van der Waals surface area contributed by atoms with E-state index in [2.05, 4.69) is 4.98 Å². The van der Waals surface area contributed by atoms with Crippen LogP contribution in [0.4, 0.5) is 0 Å². The molecule has 0 aliphatic rings. The summed E-state index contributed by atoms with van der Waals surface area (Å²) in [5.74, 6) is 2.00. The average molecular weight is 433 g/mol. The Morgan fingerprint density at radius 1 is 0.875 bits per heavy atom. The third kappa shape index (κ3) is 4.30. The van der Waals surface area contributed by atoms with Gasteiger partial charge in [0, 0.05) is 34.3 Å². The largest absolute Gasteiger partial charge is 0.497 e. The number of methoxy groups -OCH3 is 3. The van der Waals surface area contributed by atoms with Gasteiger partial charge in [0.2, 0.25) is 0 Å². The number of fused-ring (bicyclic) bond motifs is 1. The van der Waals surface area contributed by atoms with Crippen LogP contribution < -0.4 is 19.8 Å². The van der Waals surface area contributed by atoms with Gasteiger partial charge in [-0.05, 0) is 60.8 Å². The summed E-state index contributed by atoms with van der Waals surface area (Å²) in [7, 11) is 4.82. The van der Waals surface area contributed by atoms with Gasteiger partial charge in [-0.2, -0.15) is 0 Å². The minimum Gasteiger partial charge on any atom is -0.497 e. The van der Waals surface area contributed by atoms with Crippen LogP contribution in [0.2, 0.25) is 0 Å². The Labute approximate surface area is 187 Å². The summed E-state index contributed by atoms with van der Waals surface area (Å²) in [6.45, 7) is 1.88. The Morgan fingerprint density at radius 2 is 1.53 bits per heavy atom. The van der Waals surface area contributed by atoms with Crippen molar-refractivity contribution in [1.82, 2.24) is 9.97 Å². The molecule has 0 radical (unpaired) electrons. The van der Waals surface area contributed by atoms with Crippen LogP contribution >= 0.6 is 0 Å². The van der Waals surface area contributed by atoms with Gasteiger partial charge in [0.1, 0.15) is 5.75 Å². The molecule has 4 rings (SSSR count). The number of aryl methyl sites for hydroxylation is 1. The molecule has 0 amide bonds. The number of benzene rings is 2. The van der Waals surface area contributed by atoms with Crippen molar-refractivity contribution in [2.45, 2.75) is 20.8 Å². The first-order chi connectivity index (χ1) is 15.0. The van der Waals surface area contributed by atoms with Crippen LogP contribution in [0.5, 0.6) is 17.2 Å². The zero-order valence-electron chi connectivity index (χ0n) is 18.0. The Hall–Kier alpha value is -3.80. The van der Waals surface area contributed by atoms with E-state index in [4.69, 9.17) is 19.2 Å². The molecule has 0 saturated heterocycles. The molecule has 1 N–H and O–H groups in total. The molecular formula is C26H28N2O4. The van der Waals surface area contributed by atoms with Crippen LogP contribution in [0.1, 0.15) is 24.4 Å². The van der Waals surface area contributed by atoms with Crippen LogP contribution in [0.3, 0.4) is 0 Å². The molecule has 4 aromatic rings. The molecule has 0 bridgehead atoms. The van der Waals surface area contributed by atoms with Crippen LogP contribution in [-0.4, -0.2) is 31.3 Å². The average Bonchev–Trinajstić information content (AvgIpc) is 2.81. The number of hydrogen-bond donors (Lipinski definition) is 1. The summed E-state index contributed by atoms with van der Waals surface area (Å²) < 4.78 is 16.1. The van der Waals surface area contributed by atoms with Gasteiger partial charge < -0.3 is 19.2 Å². The molecule has 2 heterocycles. The van der Waals surface area contributed by atoms with E-state index in [0.29, 0.717) is 23.5 Å². The van der Waals surface area contributed by atoms with Crippen LogP contribution in [-0.2, 0) is 6.42 Å². The van der Waals surface area contributed by atoms with Crippen molar-refractivity contribution in [3.63, 3.8) is 0 Å². The zero-order chi connectivity index (χ0) is 22.0. The molecule has 0 unspecified atom stereocenters. The minimum absolute atomic E-state index is 0. The maximum atomic E-state index is 12.9. The third-order valence-electron chi connectivity index (χ3n) is 5.38. The fourth-order valence-electron chi connectivity index (χ4n) is 3.73. The quantitative estimate of drug-likeness (QED) is 0.456. The number of aromatic nitrogens is 2. The van der Waals surface area contributed by atoms with Crippen molar-refractivity contribution in [3.05, 3.63) is 81.9 Å². The molecule has 32 heavy (non-hydrogen) atoms. The zero-order valence-corrected chi connectivity index (χ0v) is 18.0. The second-order valence-electron chi connectivity index (χ2n) is 7.23. The fraction of sp³-hybridized carbons (Fsp3) is 0.231. The van der Waals surface area contributed by atoms with E-state index >= 15 is 0 Å². The highest BCUT2D eigenvalue weighted by atomic mass is 16.5. The lowest BCUT2D eigenvalue weighted by Gasteiger charge is -2.13. The number of nitrogens with one attached hydrogen (secondary N) is 1. The number of pyridine rings is 2. The summed E-state index contributed by atoms with van der Waals surface area (Å²) in [6, 6.07) is 17.3. The van der Waals surface area contributed by atoms with Gasteiger partial charge in [-0.1, -0.05) is 13.5 Å². The van der Waals surface area contributed by atoms with Gasteiger partial charge in [-0.25, -0.2) is 0 Å². The van der Waals surface area contributed by atoms with E-state index in [1.807, 2.05) is 61.5 Å². The molecule has 0 spiro atoms. The van der Waals surface area contributed by atoms with Crippen molar-refractivity contribution in [2.75, 3.05) is 21.3 Å². The van der Waals surface area contributed by atoms with E-state index in [1.165, 1.54) is 0 Å². The third-order valence-corrected chi connectivity index (χ3v) is 5.38. The van der Waals surface area contributed by atoms with Gasteiger partial charge in [0.05, 0.1) is 27.0 Å². The van der Waals surface area contributed by atoms with Crippen molar-refractivity contribution in [1.29, 1.82) is 0 Å². The first-order valence-corrected chi connectivity index (χ1v) is 9.92. The normalized spacial score (nSPS) is 10.5. The molecule has 6 heteroatoms. The lowest BCUT2D eigenvalue weighted by Crippen LogP contribution is -2.15. The Bertz CT molecular complexity index is 1290. The topological polar surface area (TPSA) is 73.4 Å². The number of nitrogens with zero attached hydrogens (tertiary/aromatic N) is 1. The van der Waals surface area contributed by atoms with E-state index < -0.39 is 0 Å². The highest BCUT2D eigenvalue weighted by Crippen LogP contribution is 2.34. The molecule has 2 aromatic heterocycles. The monoisotopic (exact) mass is 432 g/mol. The van der Waals surface area contributed by atoms with Gasteiger partial charge in [0.15, 0.2) is 11.5 Å². The number of ether oxygens (including phenoxy) is 3. The molecule has 166 valence electrons. The number of rotatable bonds is 6. The standard InChI is InChI=1S/C25H24N2O4.CH4/c1-15-19-13-23(30-3)24(31-4)14-20(19)21(25(28)26-15)12-17-6-5-7-22(27-17)16-8-10-18(29-2)11-9-16;/h5-11,13-14H,12H2,1-4H3,(H,26,28);1H4. The van der Waals surface area contributed by atoms with Crippen molar-refractivity contribution >= 4 is 10.8 Å². The molecular weight excluding hydrogens is 404 g/mol. The maximum absolute atomic E-state index is 12.9. The predicted octanol–water partition coefficient (Wildman–Crippen LogP) is 5.15. The van der Waals surface area contributed by atoms with Gasteiger partial charge in [-0.15, -0.1) is 0 Å². The number of aromatic amines is 1. The van der Waals surface area contributed by atoms with E-state index in [-0.39, 0.29) is 13.0 Å². The first-order valence-electron chi connectivity index (χ1n) is 9.92. The summed E-state index contributed by atoms with van der Waals surface area (Å²) in [5, 5.41) is 1.74. The smallest absolute Gasteiger partial charge is 0.252 e. The van der Waals surface area contributed by atoms with E-state index in [1.54, 1.807) is 21.3 Å². The molecule has 6 nitrogen and oxygen atoms in total. The highest BCUT2D eigenvalue weighted by Gasteiger charge is 2.15. The second-order valence-corrected chi connectivity index (χ2v) is 7.23. The fourth-order valence-corrected chi connectivity index (χ4v) is 3.73. The second kappa shape index (κ2) is 9.56. The lowest BCUT2D eigenvalue weighted by atomic mass is 10.00. The Balaban J connectivity index is 0.00000289. The van der Waals surface area contributed by atoms with E-state index in [0.717, 1.165) is 39.2 Å². The summed E-state index contributed by atoms with van der Waals surface area (Å²) >= 11 is 0. The SMILES string of the molecule is C.COc1ccc(-c2cccc(Cc3c(=O)[nH]c(C)c4cc(OC)c(OC)cc34)n2)cc1.